The lowest BCUT2D eigenvalue weighted by Crippen LogP contribution is -2.12. The molecule has 0 atom stereocenters. The molecule has 4 aromatic carbocycles. The topological polar surface area (TPSA) is 17.1 Å². The molecule has 0 aliphatic carbocycles. The molecule has 0 heterocycles. The van der Waals surface area contributed by atoms with Crippen LogP contribution in [0.25, 0.3) is 22.3 Å². The van der Waals surface area contributed by atoms with Crippen molar-refractivity contribution < 1.29 is 4.57 Å². The highest BCUT2D eigenvalue weighted by Crippen LogP contribution is 2.36. The van der Waals surface area contributed by atoms with E-state index in [1.54, 1.807) is 0 Å². The summed E-state index contributed by atoms with van der Waals surface area (Å²) in [7, 11) is -1.79. The van der Waals surface area contributed by atoms with Crippen molar-refractivity contribution in [3.63, 3.8) is 0 Å². The lowest BCUT2D eigenvalue weighted by atomic mass is 9.98. The lowest BCUT2D eigenvalue weighted by Gasteiger charge is -2.11. The highest BCUT2D eigenvalue weighted by atomic mass is 79.9. The minimum absolute atomic E-state index is 0.867. The van der Waals surface area contributed by atoms with Crippen LogP contribution in [0.2, 0.25) is 0 Å². The van der Waals surface area contributed by atoms with Crippen LogP contribution in [0.1, 0.15) is 22.3 Å². The summed E-state index contributed by atoms with van der Waals surface area (Å²) in [6, 6.07) is 24.8. The SMILES string of the molecule is Cc1cc(-c2ccccc2[P+](=O)c2ccccc2-c2cc(C)c(Br)cc2C)c(C)cc1Br. The molecule has 0 N–H and O–H groups in total. The van der Waals surface area contributed by atoms with Crippen LogP contribution in [0.5, 0.6) is 0 Å². The molecule has 0 fully saturated rings. The molecule has 0 radical (unpaired) electrons. The van der Waals surface area contributed by atoms with Crippen LogP contribution in [-0.2, 0) is 4.57 Å². The van der Waals surface area contributed by atoms with E-state index in [1.165, 1.54) is 0 Å². The first-order valence-corrected chi connectivity index (χ1v) is 13.3. The highest BCUT2D eigenvalue weighted by Gasteiger charge is 2.31. The van der Waals surface area contributed by atoms with Gasteiger partial charge in [-0.15, -0.1) is 0 Å². The molecular formula is C28H24Br2OP+. The normalized spacial score (nSPS) is 10.9. The molecule has 0 saturated carbocycles. The third kappa shape index (κ3) is 4.39. The first-order chi connectivity index (χ1) is 15.3. The monoisotopic (exact) mass is 565 g/mol. The molecule has 0 spiro atoms. The quantitative estimate of drug-likeness (QED) is 0.226. The number of benzene rings is 4. The maximum absolute atomic E-state index is 14.1. The fourth-order valence-corrected chi connectivity index (χ4v) is 6.47. The van der Waals surface area contributed by atoms with Gasteiger partial charge in [-0.3, -0.25) is 0 Å². The second-order valence-electron chi connectivity index (χ2n) is 8.16. The molecule has 4 heteroatoms. The van der Waals surface area contributed by atoms with Gasteiger partial charge in [0, 0.05) is 20.1 Å². The average Bonchev–Trinajstić information content (AvgIpc) is 2.78. The summed E-state index contributed by atoms with van der Waals surface area (Å²) in [5, 5.41) is 1.73. The Morgan fingerprint density at radius 3 is 1.31 bits per heavy atom. The van der Waals surface area contributed by atoms with E-state index in [9.17, 15) is 4.57 Å². The maximum Gasteiger partial charge on any atom is 0.416 e. The van der Waals surface area contributed by atoms with Gasteiger partial charge < -0.3 is 0 Å². The molecule has 160 valence electrons. The highest BCUT2D eigenvalue weighted by molar-refractivity contribution is 9.10. The predicted octanol–water partition coefficient (Wildman–Crippen LogP) is 8.56. The smallest absolute Gasteiger partial charge is 0.0613 e. The van der Waals surface area contributed by atoms with Gasteiger partial charge in [0.15, 0.2) is 0 Å². The van der Waals surface area contributed by atoms with Crippen molar-refractivity contribution in [3.8, 4) is 22.3 Å². The van der Waals surface area contributed by atoms with Gasteiger partial charge in [-0.2, -0.15) is 0 Å². The minimum atomic E-state index is -1.79. The zero-order chi connectivity index (χ0) is 23.0. The molecule has 1 nitrogen and oxygen atoms in total. The minimum Gasteiger partial charge on any atom is -0.0613 e. The summed E-state index contributed by atoms with van der Waals surface area (Å²) < 4.78 is 16.3. The lowest BCUT2D eigenvalue weighted by molar-refractivity contribution is 0.598. The van der Waals surface area contributed by atoms with Gasteiger partial charge in [-0.1, -0.05) is 60.7 Å². The van der Waals surface area contributed by atoms with Crippen molar-refractivity contribution >= 4 is 50.3 Å². The summed E-state index contributed by atoms with van der Waals surface area (Å²) in [4.78, 5) is 0. The van der Waals surface area contributed by atoms with E-state index in [4.69, 9.17) is 0 Å². The Morgan fingerprint density at radius 1 is 0.531 bits per heavy atom. The van der Waals surface area contributed by atoms with Crippen molar-refractivity contribution in [1.82, 2.24) is 0 Å². The number of halogens is 2. The number of rotatable bonds is 4. The molecule has 4 aromatic rings. The van der Waals surface area contributed by atoms with Gasteiger partial charge in [0.25, 0.3) is 0 Å². The van der Waals surface area contributed by atoms with Gasteiger partial charge in [0.05, 0.1) is 0 Å². The molecular weight excluding hydrogens is 543 g/mol. The second-order valence-corrected chi connectivity index (χ2v) is 11.4. The van der Waals surface area contributed by atoms with Crippen LogP contribution < -0.4 is 10.6 Å². The molecule has 0 bridgehead atoms. The van der Waals surface area contributed by atoms with Crippen molar-refractivity contribution in [3.05, 3.63) is 104 Å². The molecule has 0 saturated heterocycles. The Balaban J connectivity index is 1.89. The number of aryl methyl sites for hydroxylation is 4. The van der Waals surface area contributed by atoms with E-state index in [-0.39, 0.29) is 0 Å². The molecule has 0 aliphatic rings. The summed E-state index contributed by atoms with van der Waals surface area (Å²) in [6.07, 6.45) is 0. The maximum atomic E-state index is 14.1. The third-order valence-corrected chi connectivity index (χ3v) is 9.20. The van der Waals surface area contributed by atoms with E-state index in [0.29, 0.717) is 0 Å². The number of hydrogen-bond acceptors (Lipinski definition) is 1. The zero-order valence-electron chi connectivity index (χ0n) is 18.5. The molecule has 4 rings (SSSR count). The van der Waals surface area contributed by atoms with Gasteiger partial charge in [0.1, 0.15) is 0 Å². The van der Waals surface area contributed by atoms with Crippen LogP contribution in [0.3, 0.4) is 0 Å². The van der Waals surface area contributed by atoms with Crippen LogP contribution in [0, 0.1) is 27.7 Å². The van der Waals surface area contributed by atoms with Crippen molar-refractivity contribution in [2.45, 2.75) is 27.7 Å². The van der Waals surface area contributed by atoms with E-state index in [1.807, 2.05) is 36.4 Å². The fourth-order valence-electron chi connectivity index (χ4n) is 4.03. The van der Waals surface area contributed by atoms with E-state index < -0.39 is 7.80 Å². The van der Waals surface area contributed by atoms with E-state index in [0.717, 1.165) is 64.1 Å². The second kappa shape index (κ2) is 9.43. The Morgan fingerprint density at radius 2 is 0.906 bits per heavy atom. The molecule has 0 unspecified atom stereocenters. The Hall–Kier alpha value is -2.06. The molecule has 0 aliphatic heterocycles. The zero-order valence-corrected chi connectivity index (χ0v) is 22.6. The first-order valence-electron chi connectivity index (χ1n) is 10.5. The molecule has 0 amide bonds. The van der Waals surface area contributed by atoms with Crippen LogP contribution in [0.4, 0.5) is 0 Å². The van der Waals surface area contributed by atoms with Crippen LogP contribution in [-0.4, -0.2) is 0 Å². The molecule has 0 aromatic heterocycles. The summed E-state index contributed by atoms with van der Waals surface area (Å²) >= 11 is 7.26. The van der Waals surface area contributed by atoms with Gasteiger partial charge in [-0.05, 0) is 110 Å². The van der Waals surface area contributed by atoms with Crippen molar-refractivity contribution in [1.29, 1.82) is 0 Å². The van der Waals surface area contributed by atoms with Gasteiger partial charge in [0.2, 0.25) is 10.6 Å². The average molecular weight is 567 g/mol. The molecule has 32 heavy (non-hydrogen) atoms. The predicted molar refractivity (Wildman–Crippen MR) is 145 cm³/mol. The van der Waals surface area contributed by atoms with E-state index in [2.05, 4.69) is 96.0 Å². The van der Waals surface area contributed by atoms with Gasteiger partial charge >= 0.3 is 7.80 Å². The Bertz CT molecular complexity index is 1250. The van der Waals surface area contributed by atoms with Gasteiger partial charge in [-0.25, -0.2) is 0 Å². The Labute approximate surface area is 208 Å². The number of hydrogen-bond donors (Lipinski definition) is 0. The fraction of sp³-hybridized carbons (Fsp3) is 0.143. The summed E-state index contributed by atoms with van der Waals surface area (Å²) in [6.45, 7) is 8.38. The third-order valence-electron chi connectivity index (χ3n) is 5.84. The van der Waals surface area contributed by atoms with Crippen molar-refractivity contribution in [2.24, 2.45) is 0 Å². The first kappa shape index (κ1) is 23.1. The summed E-state index contributed by atoms with van der Waals surface area (Å²) in [5.41, 5.74) is 8.95. The largest absolute Gasteiger partial charge is 0.416 e. The Kier molecular flexibility index (Phi) is 6.81. The summed E-state index contributed by atoms with van der Waals surface area (Å²) in [5.74, 6) is 0. The van der Waals surface area contributed by atoms with E-state index >= 15 is 0 Å². The van der Waals surface area contributed by atoms with Crippen LogP contribution >= 0.6 is 39.7 Å². The standard InChI is InChI=1S/C28H24Br2OP/c1-17-15-25(29)19(3)13-23(17)21-9-5-7-11-27(21)32(31)28-12-8-6-10-22(28)24-14-20(4)26(30)16-18(24)2/h5-16H,1-4H3/q+1. The van der Waals surface area contributed by atoms with Crippen molar-refractivity contribution in [2.75, 3.05) is 0 Å². The van der Waals surface area contributed by atoms with Crippen LogP contribution in [0.15, 0.2) is 81.7 Å².